The molecule has 8 heteroatoms. The lowest BCUT2D eigenvalue weighted by Gasteiger charge is -2.29. The molecule has 1 heterocycles. The van der Waals surface area contributed by atoms with E-state index in [2.05, 4.69) is 0 Å². The highest BCUT2D eigenvalue weighted by molar-refractivity contribution is 6.30. The lowest BCUT2D eigenvalue weighted by atomic mass is 9.98. The van der Waals surface area contributed by atoms with Crippen molar-refractivity contribution in [2.75, 3.05) is 17.2 Å². The zero-order valence-electron chi connectivity index (χ0n) is 17.0. The number of nitrogens with two attached hydrogens (primary N) is 1. The molecule has 1 saturated heterocycles. The predicted molar refractivity (Wildman–Crippen MR) is 119 cm³/mol. The first kappa shape index (κ1) is 22.0. The van der Waals surface area contributed by atoms with Crippen molar-refractivity contribution in [1.29, 1.82) is 0 Å². The first-order chi connectivity index (χ1) is 15.2. The van der Waals surface area contributed by atoms with E-state index in [1.165, 1.54) is 12.1 Å². The van der Waals surface area contributed by atoms with Gasteiger partial charge in [-0.3, -0.25) is 4.79 Å². The molecule has 1 aliphatic rings. The molecule has 4 nitrogen and oxygen atoms in total. The average molecular weight is 461 g/mol. The first-order valence-electron chi connectivity index (χ1n) is 10.1. The summed E-state index contributed by atoms with van der Waals surface area (Å²) in [6.45, 7) is 0.504. The lowest BCUT2D eigenvalue weighted by molar-refractivity contribution is -0.136. The molecule has 1 fully saturated rings. The fourth-order valence-electron chi connectivity index (χ4n) is 3.71. The smallest absolute Gasteiger partial charge is 0.418 e. The molecule has 32 heavy (non-hydrogen) atoms. The van der Waals surface area contributed by atoms with E-state index in [4.69, 9.17) is 22.1 Å². The zero-order chi connectivity index (χ0) is 22.9. The number of anilines is 2. The highest BCUT2D eigenvalue weighted by atomic mass is 35.5. The van der Waals surface area contributed by atoms with E-state index in [0.29, 0.717) is 46.3 Å². The summed E-state index contributed by atoms with van der Waals surface area (Å²) in [4.78, 5) is 14.2. The van der Waals surface area contributed by atoms with E-state index in [1.54, 1.807) is 47.4 Å². The van der Waals surface area contributed by atoms with Gasteiger partial charge in [-0.05, 0) is 73.0 Å². The first-order valence-corrected chi connectivity index (χ1v) is 10.4. The summed E-state index contributed by atoms with van der Waals surface area (Å²) in [5.74, 6) is 0.881. The predicted octanol–water partition coefficient (Wildman–Crippen LogP) is 6.92. The standard InChI is InChI=1S/C24H20ClF3N2O2/c25-16-5-7-17(8-6-16)32-18-9-11-22(30-12-2-1-3-23(30)31)19(14-18)15-4-10-21(29)20(13-15)24(26,27)28/h4-11,13-14H,1-3,12,29H2. The Morgan fingerprint density at radius 1 is 0.938 bits per heavy atom. The van der Waals surface area contributed by atoms with Crippen LogP contribution in [-0.2, 0) is 11.0 Å². The topological polar surface area (TPSA) is 55.6 Å². The zero-order valence-corrected chi connectivity index (χ0v) is 17.7. The number of hydrogen-bond donors (Lipinski definition) is 1. The van der Waals surface area contributed by atoms with Gasteiger partial charge in [0.15, 0.2) is 0 Å². The number of ether oxygens (including phenoxy) is 1. The molecule has 3 aromatic carbocycles. The maximum atomic E-state index is 13.5. The minimum atomic E-state index is -4.60. The number of nitrogen functional groups attached to an aromatic ring is 1. The Balaban J connectivity index is 1.81. The van der Waals surface area contributed by atoms with Gasteiger partial charge in [-0.2, -0.15) is 13.2 Å². The fourth-order valence-corrected chi connectivity index (χ4v) is 3.84. The molecule has 0 unspecified atom stereocenters. The Kier molecular flexibility index (Phi) is 6.02. The van der Waals surface area contributed by atoms with Crippen LogP contribution in [0.5, 0.6) is 11.5 Å². The molecule has 0 aromatic heterocycles. The Labute approximate surface area is 188 Å². The molecule has 1 aliphatic heterocycles. The highest BCUT2D eigenvalue weighted by Crippen LogP contribution is 2.41. The van der Waals surface area contributed by atoms with Gasteiger partial charge in [-0.25, -0.2) is 0 Å². The van der Waals surface area contributed by atoms with Gasteiger partial charge in [0.25, 0.3) is 0 Å². The molecule has 0 aliphatic carbocycles. The summed E-state index contributed by atoms with van der Waals surface area (Å²) in [6.07, 6.45) is -2.58. The quantitative estimate of drug-likeness (QED) is 0.430. The second-order valence-corrected chi connectivity index (χ2v) is 7.97. The van der Waals surface area contributed by atoms with Crippen LogP contribution in [0, 0.1) is 0 Å². The molecule has 0 atom stereocenters. The maximum absolute atomic E-state index is 13.5. The Morgan fingerprint density at radius 3 is 2.34 bits per heavy atom. The van der Waals surface area contributed by atoms with Gasteiger partial charge in [0, 0.05) is 29.2 Å². The number of nitrogens with zero attached hydrogens (tertiary/aromatic N) is 1. The number of benzene rings is 3. The molecular weight excluding hydrogens is 441 g/mol. The molecule has 1 amide bonds. The van der Waals surface area contributed by atoms with E-state index >= 15 is 0 Å². The molecule has 2 N–H and O–H groups in total. The van der Waals surface area contributed by atoms with E-state index in [0.717, 1.165) is 18.9 Å². The van der Waals surface area contributed by atoms with Gasteiger partial charge in [-0.15, -0.1) is 0 Å². The number of hydrogen-bond acceptors (Lipinski definition) is 3. The number of carbonyl (C=O) groups excluding carboxylic acids is 1. The Bertz CT molecular complexity index is 1150. The molecule has 0 radical (unpaired) electrons. The normalized spacial score (nSPS) is 14.5. The van der Waals surface area contributed by atoms with E-state index < -0.39 is 11.7 Å². The fraction of sp³-hybridized carbons (Fsp3) is 0.208. The van der Waals surface area contributed by atoms with Crippen LogP contribution >= 0.6 is 11.6 Å². The summed E-state index contributed by atoms with van der Waals surface area (Å²) >= 11 is 5.91. The van der Waals surface area contributed by atoms with Crippen LogP contribution in [0.25, 0.3) is 11.1 Å². The van der Waals surface area contributed by atoms with Gasteiger partial charge < -0.3 is 15.4 Å². The minimum Gasteiger partial charge on any atom is -0.457 e. The van der Waals surface area contributed by atoms with Gasteiger partial charge in [0.05, 0.1) is 11.3 Å². The van der Waals surface area contributed by atoms with Crippen LogP contribution in [0.1, 0.15) is 24.8 Å². The van der Waals surface area contributed by atoms with Crippen molar-refractivity contribution in [3.8, 4) is 22.6 Å². The number of piperidine rings is 1. The highest BCUT2D eigenvalue weighted by Gasteiger charge is 2.33. The third-order valence-electron chi connectivity index (χ3n) is 5.30. The van der Waals surface area contributed by atoms with Crippen LogP contribution in [0.3, 0.4) is 0 Å². The van der Waals surface area contributed by atoms with Crippen molar-refractivity contribution < 1.29 is 22.7 Å². The van der Waals surface area contributed by atoms with Crippen LogP contribution in [0.2, 0.25) is 5.02 Å². The summed E-state index contributed by atoms with van der Waals surface area (Å²) in [7, 11) is 0. The van der Waals surface area contributed by atoms with Crippen molar-refractivity contribution in [2.24, 2.45) is 0 Å². The van der Waals surface area contributed by atoms with Crippen LogP contribution < -0.4 is 15.4 Å². The lowest BCUT2D eigenvalue weighted by Crippen LogP contribution is -2.35. The molecule has 166 valence electrons. The van der Waals surface area contributed by atoms with Gasteiger partial charge in [0.1, 0.15) is 11.5 Å². The van der Waals surface area contributed by atoms with Crippen molar-refractivity contribution >= 4 is 28.9 Å². The van der Waals surface area contributed by atoms with E-state index in [-0.39, 0.29) is 11.6 Å². The number of carbonyl (C=O) groups is 1. The van der Waals surface area contributed by atoms with Crippen molar-refractivity contribution in [1.82, 2.24) is 0 Å². The second kappa shape index (κ2) is 8.74. The summed E-state index contributed by atoms with van der Waals surface area (Å²) in [5, 5.41) is 0.554. The van der Waals surface area contributed by atoms with Gasteiger partial charge in [0.2, 0.25) is 5.91 Å². The summed E-state index contributed by atoms with van der Waals surface area (Å²) < 4.78 is 46.3. The number of halogens is 4. The number of rotatable bonds is 4. The van der Waals surface area contributed by atoms with Crippen molar-refractivity contribution in [3.63, 3.8) is 0 Å². The van der Waals surface area contributed by atoms with Gasteiger partial charge >= 0.3 is 6.18 Å². The second-order valence-electron chi connectivity index (χ2n) is 7.54. The maximum Gasteiger partial charge on any atom is 0.418 e. The van der Waals surface area contributed by atoms with E-state index in [1.807, 2.05) is 0 Å². The average Bonchev–Trinajstić information content (AvgIpc) is 2.75. The number of alkyl halides is 3. The van der Waals surface area contributed by atoms with E-state index in [9.17, 15) is 18.0 Å². The molecule has 0 spiro atoms. The molecule has 0 saturated carbocycles. The third-order valence-corrected chi connectivity index (χ3v) is 5.55. The van der Waals surface area contributed by atoms with Crippen LogP contribution in [0.4, 0.5) is 24.5 Å². The molecule has 4 rings (SSSR count). The molecule has 3 aromatic rings. The van der Waals surface area contributed by atoms with Crippen molar-refractivity contribution in [2.45, 2.75) is 25.4 Å². The molecular formula is C24H20ClF3N2O2. The summed E-state index contributed by atoms with van der Waals surface area (Å²) in [6, 6.07) is 15.5. The SMILES string of the molecule is Nc1ccc(-c2cc(Oc3ccc(Cl)cc3)ccc2N2CCCCC2=O)cc1C(F)(F)F. The van der Waals surface area contributed by atoms with Crippen molar-refractivity contribution in [3.05, 3.63) is 71.2 Å². The largest absolute Gasteiger partial charge is 0.457 e. The molecule has 0 bridgehead atoms. The van der Waals surface area contributed by atoms with Crippen LogP contribution in [-0.4, -0.2) is 12.5 Å². The third kappa shape index (κ3) is 4.67. The van der Waals surface area contributed by atoms with Crippen LogP contribution in [0.15, 0.2) is 60.7 Å². The minimum absolute atomic E-state index is 0.0599. The Morgan fingerprint density at radius 2 is 1.66 bits per heavy atom. The summed E-state index contributed by atoms with van der Waals surface area (Å²) in [5.41, 5.74) is 5.59. The number of amides is 1. The monoisotopic (exact) mass is 460 g/mol. The van der Waals surface area contributed by atoms with Gasteiger partial charge in [-0.1, -0.05) is 17.7 Å². The Hall–Kier alpha value is -3.19.